The summed E-state index contributed by atoms with van der Waals surface area (Å²) in [6.45, 7) is 0.786. The van der Waals surface area contributed by atoms with Gasteiger partial charge in [-0.15, -0.1) is 0 Å². The predicted molar refractivity (Wildman–Crippen MR) is 64.7 cm³/mol. The zero-order chi connectivity index (χ0) is 12.6. The van der Waals surface area contributed by atoms with Crippen LogP contribution in [0.5, 0.6) is 0 Å². The van der Waals surface area contributed by atoms with E-state index in [0.29, 0.717) is 24.3 Å². The van der Waals surface area contributed by atoms with E-state index in [1.165, 1.54) is 9.13 Å². The number of aryl methyl sites for hydroxylation is 1. The minimum absolute atomic E-state index is 0.0132. The summed E-state index contributed by atoms with van der Waals surface area (Å²) in [6, 6.07) is 0. The van der Waals surface area contributed by atoms with E-state index >= 15 is 0 Å². The van der Waals surface area contributed by atoms with Crippen molar-refractivity contribution in [2.24, 2.45) is 7.05 Å². The minimum Gasteiger partial charge on any atom is -0.383 e. The van der Waals surface area contributed by atoms with Gasteiger partial charge in [0.25, 0.3) is 0 Å². The molecule has 2 rings (SSSR count). The molecular weight excluding hydrogens is 267 g/mol. The maximum atomic E-state index is 12.0. The van der Waals surface area contributed by atoms with Gasteiger partial charge in [0, 0.05) is 14.2 Å². The van der Waals surface area contributed by atoms with Crippen molar-refractivity contribution in [3.05, 3.63) is 20.9 Å². The van der Waals surface area contributed by atoms with E-state index in [9.17, 15) is 4.79 Å². The first-order valence-electron chi connectivity index (χ1n) is 4.83. The SMILES string of the molecule is COCCn1c(=O)n(C)c2c(Cl)nc(Cl)nc21. The van der Waals surface area contributed by atoms with Gasteiger partial charge in [-0.2, -0.15) is 4.98 Å². The number of aromatic nitrogens is 4. The Bertz CT molecular complexity index is 619. The van der Waals surface area contributed by atoms with Crippen molar-refractivity contribution >= 4 is 34.4 Å². The van der Waals surface area contributed by atoms with Gasteiger partial charge in [-0.05, 0) is 11.6 Å². The Balaban J connectivity index is 2.75. The minimum atomic E-state index is -0.226. The Morgan fingerprint density at radius 1 is 1.35 bits per heavy atom. The second-order valence-electron chi connectivity index (χ2n) is 3.44. The second-order valence-corrected chi connectivity index (χ2v) is 4.14. The van der Waals surface area contributed by atoms with Crippen LogP contribution in [-0.2, 0) is 18.3 Å². The molecule has 0 aromatic carbocycles. The van der Waals surface area contributed by atoms with Crippen molar-refractivity contribution in [3.63, 3.8) is 0 Å². The molecule has 0 aliphatic rings. The van der Waals surface area contributed by atoms with Gasteiger partial charge in [-0.1, -0.05) is 11.6 Å². The summed E-state index contributed by atoms with van der Waals surface area (Å²) in [5.74, 6) is 0. The van der Waals surface area contributed by atoms with Crippen LogP contribution in [0.3, 0.4) is 0 Å². The van der Waals surface area contributed by atoms with Crippen LogP contribution in [0.25, 0.3) is 11.2 Å². The zero-order valence-corrected chi connectivity index (χ0v) is 10.8. The molecule has 0 saturated carbocycles. The van der Waals surface area contributed by atoms with Crippen LogP contribution in [0.1, 0.15) is 0 Å². The summed E-state index contributed by atoms with van der Waals surface area (Å²) in [7, 11) is 3.17. The lowest BCUT2D eigenvalue weighted by molar-refractivity contribution is 0.187. The Hall–Kier alpha value is -1.11. The first-order valence-corrected chi connectivity index (χ1v) is 5.59. The Morgan fingerprint density at radius 3 is 2.71 bits per heavy atom. The monoisotopic (exact) mass is 276 g/mol. The van der Waals surface area contributed by atoms with Gasteiger partial charge in [-0.25, -0.2) is 9.78 Å². The third-order valence-electron chi connectivity index (χ3n) is 2.42. The number of hydrogen-bond acceptors (Lipinski definition) is 4. The van der Waals surface area contributed by atoms with Gasteiger partial charge in [0.05, 0.1) is 13.2 Å². The molecule has 0 radical (unpaired) electrons. The van der Waals surface area contributed by atoms with Crippen molar-refractivity contribution < 1.29 is 4.74 Å². The number of halogens is 2. The van der Waals surface area contributed by atoms with Crippen LogP contribution in [-0.4, -0.2) is 32.8 Å². The summed E-state index contributed by atoms with van der Waals surface area (Å²) in [5, 5.41) is 0.176. The number of rotatable bonds is 3. The highest BCUT2D eigenvalue weighted by Crippen LogP contribution is 2.20. The summed E-state index contributed by atoms with van der Waals surface area (Å²) in [5.41, 5.74) is 0.659. The van der Waals surface area contributed by atoms with E-state index in [-0.39, 0.29) is 16.1 Å². The Labute approximate surface area is 107 Å². The van der Waals surface area contributed by atoms with Crippen LogP contribution in [0, 0.1) is 0 Å². The zero-order valence-electron chi connectivity index (χ0n) is 9.28. The molecule has 8 heteroatoms. The lowest BCUT2D eigenvalue weighted by Crippen LogP contribution is -2.24. The number of nitrogens with zero attached hydrogens (tertiary/aromatic N) is 4. The molecule has 2 aromatic heterocycles. The molecule has 0 aliphatic carbocycles. The van der Waals surface area contributed by atoms with E-state index in [1.54, 1.807) is 14.2 Å². The van der Waals surface area contributed by atoms with Gasteiger partial charge < -0.3 is 4.74 Å². The number of ether oxygens (including phenoxy) is 1. The van der Waals surface area contributed by atoms with Crippen molar-refractivity contribution in [1.82, 2.24) is 19.1 Å². The van der Waals surface area contributed by atoms with Crippen LogP contribution in [0.2, 0.25) is 10.4 Å². The molecule has 0 atom stereocenters. The van der Waals surface area contributed by atoms with E-state index in [0.717, 1.165) is 0 Å². The Kier molecular flexibility index (Phi) is 3.37. The maximum absolute atomic E-state index is 12.0. The molecule has 0 N–H and O–H groups in total. The third kappa shape index (κ3) is 2.03. The lowest BCUT2D eigenvalue weighted by Gasteiger charge is -2.01. The molecule has 0 saturated heterocycles. The quantitative estimate of drug-likeness (QED) is 0.622. The number of methoxy groups -OCH3 is 1. The molecular formula is C9H10Cl2N4O2. The van der Waals surface area contributed by atoms with E-state index < -0.39 is 0 Å². The highest BCUT2D eigenvalue weighted by Gasteiger charge is 2.16. The largest absolute Gasteiger partial charge is 0.383 e. The van der Waals surface area contributed by atoms with Crippen molar-refractivity contribution in [2.75, 3.05) is 13.7 Å². The highest BCUT2D eigenvalue weighted by molar-refractivity contribution is 6.35. The van der Waals surface area contributed by atoms with E-state index in [4.69, 9.17) is 27.9 Å². The molecule has 2 aromatic rings. The van der Waals surface area contributed by atoms with Gasteiger partial charge in [0.1, 0.15) is 5.52 Å². The third-order valence-corrected chi connectivity index (χ3v) is 2.86. The summed E-state index contributed by atoms with van der Waals surface area (Å²) in [4.78, 5) is 19.8. The average molecular weight is 277 g/mol. The molecule has 6 nitrogen and oxygen atoms in total. The van der Waals surface area contributed by atoms with Crippen LogP contribution in [0.15, 0.2) is 4.79 Å². The summed E-state index contributed by atoms with van der Waals surface area (Å²) in [6.07, 6.45) is 0. The molecule has 0 bridgehead atoms. The van der Waals surface area contributed by atoms with Crippen molar-refractivity contribution in [2.45, 2.75) is 6.54 Å². The van der Waals surface area contributed by atoms with Gasteiger partial charge in [0.15, 0.2) is 10.8 Å². The molecule has 92 valence electrons. The predicted octanol–water partition coefficient (Wildman–Crippen LogP) is 1.08. The van der Waals surface area contributed by atoms with Crippen molar-refractivity contribution in [3.8, 4) is 0 Å². The highest BCUT2D eigenvalue weighted by atomic mass is 35.5. The molecule has 17 heavy (non-hydrogen) atoms. The van der Waals surface area contributed by atoms with Gasteiger partial charge >= 0.3 is 5.69 Å². The summed E-state index contributed by atoms with van der Waals surface area (Å²) >= 11 is 11.7. The van der Waals surface area contributed by atoms with Crippen LogP contribution in [0.4, 0.5) is 0 Å². The molecule has 0 unspecified atom stereocenters. The van der Waals surface area contributed by atoms with E-state index in [1.807, 2.05) is 0 Å². The standard InChI is InChI=1S/C9H10Cl2N4O2/c1-14-5-6(10)12-8(11)13-7(5)15(9(14)16)3-4-17-2/h3-4H2,1-2H3. The van der Waals surface area contributed by atoms with Crippen LogP contribution < -0.4 is 5.69 Å². The normalized spacial score (nSPS) is 11.3. The topological polar surface area (TPSA) is 61.9 Å². The fraction of sp³-hybridized carbons (Fsp3) is 0.444. The smallest absolute Gasteiger partial charge is 0.330 e. The Morgan fingerprint density at radius 2 is 2.06 bits per heavy atom. The van der Waals surface area contributed by atoms with Gasteiger partial charge in [-0.3, -0.25) is 9.13 Å². The summed E-state index contributed by atoms with van der Waals surface area (Å²) < 4.78 is 7.79. The van der Waals surface area contributed by atoms with Crippen molar-refractivity contribution in [1.29, 1.82) is 0 Å². The van der Waals surface area contributed by atoms with E-state index in [2.05, 4.69) is 9.97 Å². The fourth-order valence-electron chi connectivity index (χ4n) is 1.62. The molecule has 2 heterocycles. The number of hydrogen-bond donors (Lipinski definition) is 0. The average Bonchev–Trinajstić information content (AvgIpc) is 2.49. The molecule has 0 spiro atoms. The van der Waals surface area contributed by atoms with Crippen LogP contribution >= 0.6 is 23.2 Å². The first-order chi connectivity index (χ1) is 8.06. The second kappa shape index (κ2) is 4.64. The molecule has 0 amide bonds. The maximum Gasteiger partial charge on any atom is 0.330 e. The molecule has 0 fully saturated rings. The lowest BCUT2D eigenvalue weighted by atomic mass is 10.5. The molecule has 0 aliphatic heterocycles. The first kappa shape index (κ1) is 12.3. The number of imidazole rings is 1. The fourth-order valence-corrected chi connectivity index (χ4v) is 2.12. The van der Waals surface area contributed by atoms with Gasteiger partial charge in [0.2, 0.25) is 5.28 Å². The number of fused-ring (bicyclic) bond motifs is 1.